The van der Waals surface area contributed by atoms with Gasteiger partial charge in [0.25, 0.3) is 0 Å². The smallest absolute Gasteiger partial charge is 0.0169 e. The standard InChI is InChI=1S/C15H31N/c1-4-6-7-8-9-10-11-12-13-14-15-16(3)5-2/h5H,2,4,6-15H2,1,3H3. The zero-order chi connectivity index (χ0) is 12.1. The number of unbranched alkanes of at least 4 members (excludes halogenated alkanes) is 9. The van der Waals surface area contributed by atoms with Crippen molar-refractivity contribution in [2.75, 3.05) is 13.6 Å². The number of hydrogen-bond donors (Lipinski definition) is 0. The summed E-state index contributed by atoms with van der Waals surface area (Å²) in [6.45, 7) is 7.20. The maximum absolute atomic E-state index is 3.75. The van der Waals surface area contributed by atoms with Gasteiger partial charge in [0.1, 0.15) is 0 Å². The molecule has 0 spiro atoms. The molecule has 1 heteroatoms. The molecule has 0 aromatic heterocycles. The van der Waals surface area contributed by atoms with Gasteiger partial charge < -0.3 is 4.90 Å². The van der Waals surface area contributed by atoms with Gasteiger partial charge in [-0.1, -0.05) is 71.3 Å². The number of rotatable bonds is 12. The molecule has 0 rings (SSSR count). The zero-order valence-electron chi connectivity index (χ0n) is 11.5. The van der Waals surface area contributed by atoms with Gasteiger partial charge in [-0.2, -0.15) is 0 Å². The van der Waals surface area contributed by atoms with Gasteiger partial charge in [-0.05, 0) is 12.6 Å². The van der Waals surface area contributed by atoms with Gasteiger partial charge in [0.2, 0.25) is 0 Å². The summed E-state index contributed by atoms with van der Waals surface area (Å²) in [6, 6.07) is 0. The molecule has 96 valence electrons. The molecule has 0 atom stereocenters. The van der Waals surface area contributed by atoms with Crippen molar-refractivity contribution >= 4 is 0 Å². The summed E-state index contributed by atoms with van der Waals surface area (Å²) in [5.41, 5.74) is 0. The molecule has 1 nitrogen and oxygen atoms in total. The van der Waals surface area contributed by atoms with Crippen LogP contribution >= 0.6 is 0 Å². The lowest BCUT2D eigenvalue weighted by atomic mass is 10.1. The maximum atomic E-state index is 3.75. The van der Waals surface area contributed by atoms with Gasteiger partial charge in [0.05, 0.1) is 0 Å². The molecule has 0 saturated carbocycles. The largest absolute Gasteiger partial charge is 0.381 e. The van der Waals surface area contributed by atoms with Crippen LogP contribution in [0.1, 0.15) is 71.1 Å². The molecule has 0 N–H and O–H groups in total. The third-order valence-corrected chi connectivity index (χ3v) is 3.18. The van der Waals surface area contributed by atoms with E-state index in [1.54, 1.807) is 0 Å². The van der Waals surface area contributed by atoms with Gasteiger partial charge >= 0.3 is 0 Å². The van der Waals surface area contributed by atoms with Crippen LogP contribution < -0.4 is 0 Å². The molecular formula is C15H31N. The van der Waals surface area contributed by atoms with Crippen LogP contribution in [-0.4, -0.2) is 18.5 Å². The van der Waals surface area contributed by atoms with Crippen LogP contribution in [0.25, 0.3) is 0 Å². The summed E-state index contributed by atoms with van der Waals surface area (Å²) in [6.07, 6.45) is 16.0. The molecule has 0 saturated heterocycles. The molecule has 0 amide bonds. The highest BCUT2D eigenvalue weighted by molar-refractivity contribution is 4.65. The molecule has 0 radical (unpaired) electrons. The normalized spacial score (nSPS) is 10.4. The van der Waals surface area contributed by atoms with Crippen molar-refractivity contribution in [2.24, 2.45) is 0 Å². The lowest BCUT2D eigenvalue weighted by Gasteiger charge is -2.12. The van der Waals surface area contributed by atoms with Crippen molar-refractivity contribution < 1.29 is 0 Å². The topological polar surface area (TPSA) is 3.24 Å². The molecule has 0 fully saturated rings. The fraction of sp³-hybridized carbons (Fsp3) is 0.867. The molecule has 0 aliphatic heterocycles. The van der Waals surface area contributed by atoms with E-state index in [0.29, 0.717) is 0 Å². The van der Waals surface area contributed by atoms with Crippen molar-refractivity contribution in [3.63, 3.8) is 0 Å². The summed E-state index contributed by atoms with van der Waals surface area (Å²) in [5, 5.41) is 0. The molecule has 0 aromatic rings. The highest BCUT2D eigenvalue weighted by Crippen LogP contribution is 2.10. The minimum Gasteiger partial charge on any atom is -0.381 e. The van der Waals surface area contributed by atoms with Crippen LogP contribution in [0.2, 0.25) is 0 Å². The van der Waals surface area contributed by atoms with Gasteiger partial charge in [-0.3, -0.25) is 0 Å². The first-order valence-corrected chi connectivity index (χ1v) is 7.14. The van der Waals surface area contributed by atoms with Crippen molar-refractivity contribution in [3.05, 3.63) is 12.8 Å². The number of nitrogens with zero attached hydrogens (tertiary/aromatic N) is 1. The highest BCUT2D eigenvalue weighted by atomic mass is 15.1. The summed E-state index contributed by atoms with van der Waals surface area (Å²) in [4.78, 5) is 2.17. The third-order valence-electron chi connectivity index (χ3n) is 3.18. The lowest BCUT2D eigenvalue weighted by molar-refractivity contribution is 0.429. The Labute approximate surface area is 103 Å². The van der Waals surface area contributed by atoms with E-state index in [-0.39, 0.29) is 0 Å². The maximum Gasteiger partial charge on any atom is 0.0169 e. The van der Waals surface area contributed by atoms with Crippen LogP contribution in [0.5, 0.6) is 0 Å². The quantitative estimate of drug-likeness (QED) is 0.423. The molecule has 0 aromatic carbocycles. The molecule has 0 aliphatic carbocycles. The summed E-state index contributed by atoms with van der Waals surface area (Å²) < 4.78 is 0. The average molecular weight is 225 g/mol. The lowest BCUT2D eigenvalue weighted by Crippen LogP contribution is -2.11. The van der Waals surface area contributed by atoms with E-state index in [1.807, 2.05) is 6.20 Å². The van der Waals surface area contributed by atoms with Gasteiger partial charge in [0.15, 0.2) is 0 Å². The predicted octanol–water partition coefficient (Wildman–Crippen LogP) is 4.98. The Hall–Kier alpha value is -0.460. The van der Waals surface area contributed by atoms with Gasteiger partial charge in [0, 0.05) is 13.6 Å². The molecule has 0 heterocycles. The Balaban J connectivity index is 2.96. The fourth-order valence-electron chi connectivity index (χ4n) is 1.94. The van der Waals surface area contributed by atoms with E-state index in [2.05, 4.69) is 25.5 Å². The van der Waals surface area contributed by atoms with Crippen molar-refractivity contribution in [1.82, 2.24) is 4.90 Å². The van der Waals surface area contributed by atoms with Crippen LogP contribution in [-0.2, 0) is 0 Å². The molecule has 16 heavy (non-hydrogen) atoms. The second-order valence-electron chi connectivity index (χ2n) is 4.85. The minimum atomic E-state index is 1.17. The summed E-state index contributed by atoms with van der Waals surface area (Å²) >= 11 is 0. The van der Waals surface area contributed by atoms with Crippen molar-refractivity contribution in [1.29, 1.82) is 0 Å². The first-order chi connectivity index (χ1) is 7.81. The Morgan fingerprint density at radius 3 is 1.69 bits per heavy atom. The Bertz CT molecular complexity index is 142. The Morgan fingerprint density at radius 1 is 0.812 bits per heavy atom. The van der Waals surface area contributed by atoms with E-state index in [4.69, 9.17) is 0 Å². The van der Waals surface area contributed by atoms with E-state index in [1.165, 1.54) is 70.8 Å². The van der Waals surface area contributed by atoms with Crippen molar-refractivity contribution in [2.45, 2.75) is 71.1 Å². The van der Waals surface area contributed by atoms with E-state index in [0.717, 1.165) is 0 Å². The zero-order valence-corrected chi connectivity index (χ0v) is 11.5. The second kappa shape index (κ2) is 12.6. The van der Waals surface area contributed by atoms with Gasteiger partial charge in [-0.25, -0.2) is 0 Å². The molecular weight excluding hydrogens is 194 g/mol. The number of hydrogen-bond acceptors (Lipinski definition) is 1. The second-order valence-corrected chi connectivity index (χ2v) is 4.85. The first-order valence-electron chi connectivity index (χ1n) is 7.14. The molecule has 0 aliphatic rings. The monoisotopic (exact) mass is 225 g/mol. The predicted molar refractivity (Wildman–Crippen MR) is 74.7 cm³/mol. The Kier molecular flexibility index (Phi) is 12.2. The van der Waals surface area contributed by atoms with E-state index >= 15 is 0 Å². The first kappa shape index (κ1) is 15.5. The Morgan fingerprint density at radius 2 is 1.25 bits per heavy atom. The summed E-state index contributed by atoms with van der Waals surface area (Å²) in [7, 11) is 2.10. The third kappa shape index (κ3) is 11.6. The SMILES string of the molecule is C=CN(C)CCCCCCCCCCCC. The minimum absolute atomic E-state index is 1.17. The van der Waals surface area contributed by atoms with Crippen molar-refractivity contribution in [3.8, 4) is 0 Å². The summed E-state index contributed by atoms with van der Waals surface area (Å²) in [5.74, 6) is 0. The van der Waals surface area contributed by atoms with E-state index in [9.17, 15) is 0 Å². The molecule has 0 bridgehead atoms. The van der Waals surface area contributed by atoms with Gasteiger partial charge in [-0.15, -0.1) is 0 Å². The van der Waals surface area contributed by atoms with Crippen LogP contribution in [0.4, 0.5) is 0 Å². The highest BCUT2D eigenvalue weighted by Gasteiger charge is 1.93. The fourth-order valence-corrected chi connectivity index (χ4v) is 1.94. The molecule has 0 unspecified atom stereocenters. The van der Waals surface area contributed by atoms with Crippen LogP contribution in [0.3, 0.4) is 0 Å². The van der Waals surface area contributed by atoms with Crippen LogP contribution in [0.15, 0.2) is 12.8 Å². The van der Waals surface area contributed by atoms with E-state index < -0.39 is 0 Å². The average Bonchev–Trinajstić information content (AvgIpc) is 2.31. The van der Waals surface area contributed by atoms with Crippen LogP contribution in [0, 0.1) is 0 Å².